The number of amides is 1. The number of benzene rings is 2. The third-order valence-corrected chi connectivity index (χ3v) is 5.82. The number of hydrogen-bond donors (Lipinski definition) is 2. The molecule has 1 heterocycles. The van der Waals surface area contributed by atoms with Crippen molar-refractivity contribution < 1.29 is 14.4 Å². The fourth-order valence-corrected chi connectivity index (χ4v) is 4.07. The van der Waals surface area contributed by atoms with Gasteiger partial charge in [0.1, 0.15) is 5.75 Å². The van der Waals surface area contributed by atoms with Crippen LogP contribution in [-0.2, 0) is 11.2 Å². The van der Waals surface area contributed by atoms with Crippen molar-refractivity contribution in [2.45, 2.75) is 33.2 Å². The fourth-order valence-electron chi connectivity index (χ4n) is 4.07. The van der Waals surface area contributed by atoms with Gasteiger partial charge in [0.05, 0.1) is 39.3 Å². The third kappa shape index (κ3) is 6.23. The molecule has 3 rings (SSSR count). The Kier molecular flexibility index (Phi) is 7.75. The summed E-state index contributed by atoms with van der Waals surface area (Å²) < 4.78 is 5.23. The summed E-state index contributed by atoms with van der Waals surface area (Å²) in [7, 11) is 1.69. The van der Waals surface area contributed by atoms with Crippen LogP contribution in [0.5, 0.6) is 5.75 Å². The van der Waals surface area contributed by atoms with Gasteiger partial charge in [-0.3, -0.25) is 4.79 Å². The van der Waals surface area contributed by atoms with Crippen molar-refractivity contribution in [1.29, 1.82) is 0 Å². The number of nitrogens with one attached hydrogen (secondary N) is 2. The molecule has 2 aromatic rings. The smallest absolute Gasteiger partial charge is 0.275 e. The van der Waals surface area contributed by atoms with E-state index >= 15 is 0 Å². The molecule has 0 aliphatic carbocycles. The molecule has 1 aliphatic heterocycles. The van der Waals surface area contributed by atoms with Crippen LogP contribution in [0.2, 0.25) is 0 Å². The largest absolute Gasteiger partial charge is 0.497 e. The van der Waals surface area contributed by atoms with Gasteiger partial charge >= 0.3 is 0 Å². The van der Waals surface area contributed by atoms with Crippen LogP contribution in [0, 0.1) is 5.92 Å². The summed E-state index contributed by atoms with van der Waals surface area (Å²) in [6.07, 6.45) is 1.09. The zero-order chi connectivity index (χ0) is 21.5. The van der Waals surface area contributed by atoms with Crippen LogP contribution in [0.4, 0.5) is 5.69 Å². The average molecular weight is 411 g/mol. The highest BCUT2D eigenvalue weighted by molar-refractivity contribution is 5.77. The first kappa shape index (κ1) is 22.2. The van der Waals surface area contributed by atoms with Crippen molar-refractivity contribution in [1.82, 2.24) is 5.32 Å². The molecular weight excluding hydrogens is 374 g/mol. The molecule has 1 atom stereocenters. The number of piperazine rings is 1. The van der Waals surface area contributed by atoms with Crippen molar-refractivity contribution in [3.8, 4) is 5.75 Å². The predicted molar refractivity (Wildman–Crippen MR) is 122 cm³/mol. The molecule has 30 heavy (non-hydrogen) atoms. The van der Waals surface area contributed by atoms with Crippen LogP contribution < -0.4 is 19.9 Å². The van der Waals surface area contributed by atoms with Gasteiger partial charge < -0.3 is 19.9 Å². The first-order valence-electron chi connectivity index (χ1n) is 11.1. The Morgan fingerprint density at radius 3 is 2.23 bits per heavy atom. The SMILES string of the molecule is COc1ccc(N2CC[NH+](CC(=O)N[C@@H](C)c3ccc(CC(C)C)cc3)CC2)cc1. The molecule has 5 heteroatoms. The van der Waals surface area contributed by atoms with Gasteiger partial charge in [0, 0.05) is 5.69 Å². The summed E-state index contributed by atoms with van der Waals surface area (Å²) in [6.45, 7) is 10.9. The third-order valence-electron chi connectivity index (χ3n) is 5.82. The Labute approximate surface area is 181 Å². The van der Waals surface area contributed by atoms with Gasteiger partial charge in [-0.2, -0.15) is 0 Å². The molecule has 5 nitrogen and oxygen atoms in total. The molecule has 0 bridgehead atoms. The molecule has 1 amide bonds. The second-order valence-corrected chi connectivity index (χ2v) is 8.74. The molecule has 2 N–H and O–H groups in total. The maximum atomic E-state index is 12.6. The lowest BCUT2D eigenvalue weighted by molar-refractivity contribution is -0.892. The van der Waals surface area contributed by atoms with Gasteiger partial charge in [-0.1, -0.05) is 38.1 Å². The minimum Gasteiger partial charge on any atom is -0.497 e. The Balaban J connectivity index is 1.44. The highest BCUT2D eigenvalue weighted by Crippen LogP contribution is 2.19. The van der Waals surface area contributed by atoms with Crippen molar-refractivity contribution in [3.63, 3.8) is 0 Å². The molecular formula is C25H36N3O2+. The van der Waals surface area contributed by atoms with Crippen LogP contribution in [0.3, 0.4) is 0 Å². The van der Waals surface area contributed by atoms with Gasteiger partial charge in [-0.05, 0) is 54.7 Å². The van der Waals surface area contributed by atoms with E-state index in [-0.39, 0.29) is 11.9 Å². The Bertz CT molecular complexity index is 794. The van der Waals surface area contributed by atoms with Crippen LogP contribution >= 0.6 is 0 Å². The van der Waals surface area contributed by atoms with Gasteiger partial charge in [0.2, 0.25) is 0 Å². The number of carbonyl (C=O) groups excluding carboxylic acids is 1. The van der Waals surface area contributed by atoms with Gasteiger partial charge in [0.25, 0.3) is 5.91 Å². The number of hydrogen-bond acceptors (Lipinski definition) is 3. The Morgan fingerprint density at radius 1 is 1.03 bits per heavy atom. The van der Waals surface area contributed by atoms with E-state index in [9.17, 15) is 4.79 Å². The maximum absolute atomic E-state index is 12.6. The minimum atomic E-state index is 0.0330. The molecule has 0 radical (unpaired) electrons. The zero-order valence-corrected chi connectivity index (χ0v) is 18.8. The summed E-state index contributed by atoms with van der Waals surface area (Å²) in [5, 5.41) is 3.17. The van der Waals surface area contributed by atoms with E-state index in [0.29, 0.717) is 12.5 Å². The Morgan fingerprint density at radius 2 is 1.67 bits per heavy atom. The molecule has 1 aliphatic rings. The zero-order valence-electron chi connectivity index (χ0n) is 18.8. The van der Waals surface area contributed by atoms with E-state index in [1.165, 1.54) is 16.2 Å². The van der Waals surface area contributed by atoms with Crippen molar-refractivity contribution in [3.05, 3.63) is 59.7 Å². The monoisotopic (exact) mass is 410 g/mol. The standard InChI is InChI=1S/C25H35N3O2/c1-19(2)17-21-5-7-22(8-6-21)20(3)26-25(29)18-27-13-15-28(16-14-27)23-9-11-24(30-4)12-10-23/h5-12,19-20H,13-18H2,1-4H3,(H,26,29)/p+1/t20-/m0/s1. The molecule has 0 spiro atoms. The minimum absolute atomic E-state index is 0.0330. The average Bonchev–Trinajstić information content (AvgIpc) is 2.74. The fraction of sp³-hybridized carbons (Fsp3) is 0.480. The van der Waals surface area contributed by atoms with E-state index in [1.807, 2.05) is 12.1 Å². The first-order chi connectivity index (χ1) is 14.4. The molecule has 162 valence electrons. The lowest BCUT2D eigenvalue weighted by atomic mass is 10.00. The number of quaternary nitrogens is 1. The summed E-state index contributed by atoms with van der Waals surface area (Å²) in [4.78, 5) is 16.3. The van der Waals surface area contributed by atoms with E-state index in [0.717, 1.165) is 43.9 Å². The summed E-state index contributed by atoms with van der Waals surface area (Å²) in [5.74, 6) is 1.66. The van der Waals surface area contributed by atoms with Crippen LogP contribution in [0.25, 0.3) is 0 Å². The molecule has 0 aromatic heterocycles. The number of nitrogens with zero attached hydrogens (tertiary/aromatic N) is 1. The molecule has 1 fully saturated rings. The van der Waals surface area contributed by atoms with Crippen LogP contribution in [-0.4, -0.2) is 45.7 Å². The molecule has 0 saturated carbocycles. The number of carbonyl (C=O) groups is 1. The topological polar surface area (TPSA) is 46.0 Å². The molecule has 2 aromatic carbocycles. The summed E-state index contributed by atoms with van der Waals surface area (Å²) in [6, 6.07) is 16.9. The first-order valence-corrected chi connectivity index (χ1v) is 11.1. The number of rotatable bonds is 8. The highest BCUT2D eigenvalue weighted by Gasteiger charge is 2.23. The van der Waals surface area contributed by atoms with E-state index in [2.05, 4.69) is 67.4 Å². The maximum Gasteiger partial charge on any atom is 0.275 e. The van der Waals surface area contributed by atoms with Gasteiger partial charge in [-0.25, -0.2) is 0 Å². The summed E-state index contributed by atoms with van der Waals surface area (Å²) in [5.41, 5.74) is 3.73. The second-order valence-electron chi connectivity index (χ2n) is 8.74. The quantitative estimate of drug-likeness (QED) is 0.703. The van der Waals surface area contributed by atoms with Crippen molar-refractivity contribution in [2.24, 2.45) is 5.92 Å². The number of methoxy groups -OCH3 is 1. The molecule has 1 saturated heterocycles. The van der Waals surface area contributed by atoms with E-state index < -0.39 is 0 Å². The van der Waals surface area contributed by atoms with Gasteiger partial charge in [-0.15, -0.1) is 0 Å². The van der Waals surface area contributed by atoms with Gasteiger partial charge in [0.15, 0.2) is 6.54 Å². The lowest BCUT2D eigenvalue weighted by Gasteiger charge is -2.33. The second kappa shape index (κ2) is 10.5. The Hall–Kier alpha value is -2.53. The number of anilines is 1. The predicted octanol–water partition coefficient (Wildman–Crippen LogP) is 2.48. The van der Waals surface area contributed by atoms with Crippen LogP contribution in [0.1, 0.15) is 37.9 Å². The number of ether oxygens (including phenoxy) is 1. The summed E-state index contributed by atoms with van der Waals surface area (Å²) >= 11 is 0. The lowest BCUT2D eigenvalue weighted by Crippen LogP contribution is -3.15. The van der Waals surface area contributed by atoms with Crippen molar-refractivity contribution in [2.75, 3.05) is 44.7 Å². The van der Waals surface area contributed by atoms with Crippen molar-refractivity contribution >= 4 is 11.6 Å². The highest BCUT2D eigenvalue weighted by atomic mass is 16.5. The molecule has 0 unspecified atom stereocenters. The van der Waals surface area contributed by atoms with E-state index in [4.69, 9.17) is 4.74 Å². The normalized spacial score (nSPS) is 15.8. The van der Waals surface area contributed by atoms with Crippen LogP contribution in [0.15, 0.2) is 48.5 Å². The van der Waals surface area contributed by atoms with E-state index in [1.54, 1.807) is 7.11 Å².